The largest absolute Gasteiger partial charge is 0.760 e. The van der Waals surface area contributed by atoms with Gasteiger partial charge in [0.15, 0.2) is 5.82 Å². The molecule has 1 atom stereocenters. The third kappa shape index (κ3) is 5.32. The Morgan fingerprint density at radius 2 is 2.03 bits per heavy atom. The molecule has 1 unspecified atom stereocenters. The number of methoxy groups -OCH3 is 1. The standard InChI is InChI=1S/C16H17ClN8O3S/c1-8-22-14(25-16(18)23-8)12-4-10(17)6-19-13(12)24-11-3-9(5-21-29(26)27)15(28-2)20-7-11/h3-4,6-7,21H,5H2,1-2H3,(H,19,24)(H,26,27)(H2,18,22,23,25)/p-1. The van der Waals surface area contributed by atoms with Crippen LogP contribution in [0.25, 0.3) is 11.4 Å². The van der Waals surface area contributed by atoms with Crippen LogP contribution in [0.3, 0.4) is 0 Å². The van der Waals surface area contributed by atoms with Crippen LogP contribution in [-0.4, -0.2) is 40.8 Å². The summed E-state index contributed by atoms with van der Waals surface area (Å²) in [7, 11) is 1.44. The highest BCUT2D eigenvalue weighted by atomic mass is 35.5. The number of hydrogen-bond donors (Lipinski definition) is 3. The second-order valence-electron chi connectivity index (χ2n) is 5.69. The van der Waals surface area contributed by atoms with E-state index in [2.05, 4.69) is 35.0 Å². The molecule has 0 bridgehead atoms. The van der Waals surface area contributed by atoms with Crippen molar-refractivity contribution in [2.75, 3.05) is 18.2 Å². The minimum atomic E-state index is -2.42. The molecule has 3 aromatic rings. The highest BCUT2D eigenvalue weighted by Crippen LogP contribution is 2.30. The first-order valence-electron chi connectivity index (χ1n) is 8.12. The Kier molecular flexibility index (Phi) is 6.49. The molecule has 11 nitrogen and oxygen atoms in total. The van der Waals surface area contributed by atoms with E-state index in [1.165, 1.54) is 19.5 Å². The van der Waals surface area contributed by atoms with E-state index in [1.807, 2.05) is 0 Å². The summed E-state index contributed by atoms with van der Waals surface area (Å²) in [5.74, 6) is 1.51. The zero-order valence-corrected chi connectivity index (χ0v) is 16.9. The molecule has 0 aliphatic heterocycles. The van der Waals surface area contributed by atoms with Gasteiger partial charge in [-0.3, -0.25) is 4.21 Å². The fraction of sp³-hybridized carbons (Fsp3) is 0.188. The number of hydrogen-bond acceptors (Lipinski definition) is 10. The summed E-state index contributed by atoms with van der Waals surface area (Å²) in [6.07, 6.45) is 2.98. The first-order valence-corrected chi connectivity index (χ1v) is 9.57. The van der Waals surface area contributed by atoms with Crippen LogP contribution in [0.2, 0.25) is 5.02 Å². The quantitative estimate of drug-likeness (QED) is 0.463. The summed E-state index contributed by atoms with van der Waals surface area (Å²) in [6, 6.07) is 3.32. The fourth-order valence-corrected chi connectivity index (χ4v) is 2.91. The predicted octanol–water partition coefficient (Wildman–Crippen LogP) is 1.51. The Labute approximate surface area is 173 Å². The van der Waals surface area contributed by atoms with Crippen molar-refractivity contribution in [1.82, 2.24) is 29.6 Å². The highest BCUT2D eigenvalue weighted by molar-refractivity contribution is 7.77. The lowest BCUT2D eigenvalue weighted by atomic mass is 10.2. The van der Waals surface area contributed by atoms with E-state index in [0.29, 0.717) is 45.2 Å². The predicted molar refractivity (Wildman–Crippen MR) is 107 cm³/mol. The molecule has 0 saturated heterocycles. The van der Waals surface area contributed by atoms with Crippen LogP contribution in [0.5, 0.6) is 5.88 Å². The maximum absolute atomic E-state index is 10.8. The van der Waals surface area contributed by atoms with Gasteiger partial charge < -0.3 is 20.3 Å². The lowest BCUT2D eigenvalue weighted by molar-refractivity contribution is 0.392. The first kappa shape index (κ1) is 20.8. The molecule has 13 heteroatoms. The van der Waals surface area contributed by atoms with E-state index in [1.54, 1.807) is 19.1 Å². The average Bonchev–Trinajstić information content (AvgIpc) is 2.67. The molecular formula is C16H16ClN8O3S-. The van der Waals surface area contributed by atoms with E-state index in [-0.39, 0.29) is 12.5 Å². The smallest absolute Gasteiger partial charge is 0.223 e. The molecule has 0 aliphatic rings. The van der Waals surface area contributed by atoms with Crippen molar-refractivity contribution in [2.45, 2.75) is 13.5 Å². The van der Waals surface area contributed by atoms with Gasteiger partial charge in [0.05, 0.1) is 29.6 Å². The molecule has 0 saturated carbocycles. The second-order valence-corrected chi connectivity index (χ2v) is 6.88. The van der Waals surface area contributed by atoms with Crippen molar-refractivity contribution >= 4 is 40.3 Å². The normalized spacial score (nSPS) is 11.9. The van der Waals surface area contributed by atoms with Crippen LogP contribution in [0.1, 0.15) is 11.4 Å². The van der Waals surface area contributed by atoms with Crippen LogP contribution in [-0.2, 0) is 17.8 Å². The van der Waals surface area contributed by atoms with Gasteiger partial charge in [-0.05, 0) is 19.1 Å². The molecular weight excluding hydrogens is 420 g/mol. The van der Waals surface area contributed by atoms with Crippen LogP contribution in [0, 0.1) is 6.92 Å². The molecule has 4 N–H and O–H groups in total. The summed E-state index contributed by atoms with van der Waals surface area (Å²) in [5.41, 5.74) is 7.30. The van der Waals surface area contributed by atoms with Gasteiger partial charge in [-0.1, -0.05) is 11.6 Å². The van der Waals surface area contributed by atoms with Gasteiger partial charge in [0.25, 0.3) is 0 Å². The summed E-state index contributed by atoms with van der Waals surface area (Å²) in [6.45, 7) is 1.70. The van der Waals surface area contributed by atoms with Gasteiger partial charge in [0.2, 0.25) is 11.8 Å². The third-order valence-corrected chi connectivity index (χ3v) is 4.21. The summed E-state index contributed by atoms with van der Waals surface area (Å²) in [4.78, 5) is 20.9. The number of ether oxygens (including phenoxy) is 1. The van der Waals surface area contributed by atoms with Crippen molar-refractivity contribution in [2.24, 2.45) is 0 Å². The number of nitrogens with zero attached hydrogens (tertiary/aromatic N) is 5. The van der Waals surface area contributed by atoms with Crippen LogP contribution in [0.4, 0.5) is 17.5 Å². The second kappa shape index (κ2) is 9.05. The minimum absolute atomic E-state index is 0.00586. The van der Waals surface area contributed by atoms with Crippen molar-refractivity contribution in [3.05, 3.63) is 40.9 Å². The van der Waals surface area contributed by atoms with Crippen molar-refractivity contribution < 1.29 is 13.5 Å². The van der Waals surface area contributed by atoms with Crippen molar-refractivity contribution in [1.29, 1.82) is 0 Å². The maximum Gasteiger partial charge on any atom is 0.223 e. The molecule has 0 fully saturated rings. The molecule has 0 aliphatic carbocycles. The minimum Gasteiger partial charge on any atom is -0.760 e. The maximum atomic E-state index is 10.8. The zero-order chi connectivity index (χ0) is 21.0. The van der Waals surface area contributed by atoms with Crippen LogP contribution in [0.15, 0.2) is 24.5 Å². The number of rotatable bonds is 7. The van der Waals surface area contributed by atoms with E-state index < -0.39 is 11.3 Å². The number of aryl methyl sites for hydroxylation is 1. The summed E-state index contributed by atoms with van der Waals surface area (Å²) in [5, 5.41) is 3.49. The number of pyridine rings is 2. The zero-order valence-electron chi connectivity index (χ0n) is 15.3. The Morgan fingerprint density at radius 3 is 2.72 bits per heavy atom. The topological polar surface area (TPSA) is 164 Å². The van der Waals surface area contributed by atoms with Gasteiger partial charge in [-0.2, -0.15) is 9.97 Å². The van der Waals surface area contributed by atoms with E-state index in [9.17, 15) is 8.76 Å². The van der Waals surface area contributed by atoms with Gasteiger partial charge >= 0.3 is 0 Å². The average molecular weight is 436 g/mol. The Morgan fingerprint density at radius 1 is 1.24 bits per heavy atom. The SMILES string of the molecule is COc1ncc(Nc2ncc(Cl)cc2-c2nc(C)nc(N)n2)cc1CNS(=O)[O-]. The summed E-state index contributed by atoms with van der Waals surface area (Å²) >= 11 is 3.67. The molecule has 0 aromatic carbocycles. The lowest BCUT2D eigenvalue weighted by Crippen LogP contribution is -2.16. The highest BCUT2D eigenvalue weighted by Gasteiger charge is 2.14. The number of nitrogens with one attached hydrogen (secondary N) is 2. The van der Waals surface area contributed by atoms with Gasteiger partial charge in [-0.15, -0.1) is 0 Å². The van der Waals surface area contributed by atoms with E-state index in [0.717, 1.165) is 0 Å². The Hall–Kier alpha value is -2.93. The Balaban J connectivity index is 1.98. The molecule has 0 spiro atoms. The molecule has 3 heterocycles. The van der Waals surface area contributed by atoms with E-state index >= 15 is 0 Å². The van der Waals surface area contributed by atoms with E-state index in [4.69, 9.17) is 22.1 Å². The molecule has 29 heavy (non-hydrogen) atoms. The number of aromatic nitrogens is 5. The fourth-order valence-electron chi connectivity index (χ4n) is 2.48. The molecule has 3 aromatic heterocycles. The van der Waals surface area contributed by atoms with Gasteiger partial charge in [-0.25, -0.2) is 19.7 Å². The molecule has 0 radical (unpaired) electrons. The monoisotopic (exact) mass is 435 g/mol. The van der Waals surface area contributed by atoms with Gasteiger partial charge in [0.1, 0.15) is 11.6 Å². The number of nitrogen functional groups attached to an aromatic ring is 1. The number of nitrogens with two attached hydrogens (primary N) is 1. The van der Waals surface area contributed by atoms with Gasteiger partial charge in [0, 0.05) is 29.6 Å². The summed E-state index contributed by atoms with van der Waals surface area (Å²) < 4.78 is 29.0. The van der Waals surface area contributed by atoms with Crippen LogP contribution < -0.4 is 20.5 Å². The van der Waals surface area contributed by atoms with Crippen molar-refractivity contribution in [3.8, 4) is 17.3 Å². The number of halogens is 1. The molecule has 152 valence electrons. The Bertz CT molecular complexity index is 1050. The molecule has 3 rings (SSSR count). The number of anilines is 3. The third-order valence-electron chi connectivity index (χ3n) is 3.62. The first-order chi connectivity index (χ1) is 13.9. The lowest BCUT2D eigenvalue weighted by Gasteiger charge is -2.14. The van der Waals surface area contributed by atoms with Crippen LogP contribution >= 0.6 is 11.6 Å². The molecule has 0 amide bonds. The van der Waals surface area contributed by atoms with Crippen molar-refractivity contribution in [3.63, 3.8) is 0 Å².